The molecule has 0 aromatic rings. The second kappa shape index (κ2) is 4.67. The van der Waals surface area contributed by atoms with E-state index in [9.17, 15) is 5.11 Å². The molecule has 0 aromatic carbocycles. The van der Waals surface area contributed by atoms with Crippen LogP contribution in [0.4, 0.5) is 0 Å². The molecule has 0 saturated heterocycles. The average molecular weight is 287 g/mol. The van der Waals surface area contributed by atoms with Crippen LogP contribution in [-0.4, -0.2) is 29.6 Å². The quantitative estimate of drug-likeness (QED) is 0.581. The molecule has 0 radical (unpaired) electrons. The van der Waals surface area contributed by atoms with Crippen molar-refractivity contribution >= 4 is 18.4 Å². The van der Waals surface area contributed by atoms with Crippen LogP contribution in [0.5, 0.6) is 0 Å². The van der Waals surface area contributed by atoms with Gasteiger partial charge >= 0.3 is 85.5 Å². The van der Waals surface area contributed by atoms with Crippen molar-refractivity contribution in [1.82, 2.24) is 0 Å². The molecule has 1 saturated carbocycles. The van der Waals surface area contributed by atoms with Gasteiger partial charge in [-0.1, -0.05) is 0 Å². The molecule has 1 aliphatic rings. The summed E-state index contributed by atoms with van der Waals surface area (Å²) in [7, 11) is 0. The number of hydrogen-bond acceptors (Lipinski definition) is 1. The van der Waals surface area contributed by atoms with Gasteiger partial charge < -0.3 is 0 Å². The summed E-state index contributed by atoms with van der Waals surface area (Å²) in [6.45, 7) is 0. The fourth-order valence-corrected chi connectivity index (χ4v) is 3.24. The molecule has 1 rings (SSSR count). The number of aliphatic hydroxyl groups excluding tert-OH is 1. The summed E-state index contributed by atoms with van der Waals surface area (Å²) in [4.78, 5) is 7.08. The van der Waals surface area contributed by atoms with Crippen molar-refractivity contribution in [2.75, 3.05) is 0 Å². The first kappa shape index (κ1) is 11.4. The maximum absolute atomic E-state index is 9.67. The molecule has 1 atom stereocenters. The fourth-order valence-electron chi connectivity index (χ4n) is 1.47. The van der Waals surface area contributed by atoms with Gasteiger partial charge in [-0.2, -0.15) is 0 Å². The van der Waals surface area contributed by atoms with Gasteiger partial charge in [-0.05, 0) is 0 Å². The summed E-state index contributed by atoms with van der Waals surface area (Å²) in [5.74, 6) is 0. The van der Waals surface area contributed by atoms with Crippen LogP contribution in [0.15, 0.2) is 15.4 Å². The van der Waals surface area contributed by atoms with Gasteiger partial charge in [-0.25, -0.2) is 0 Å². The Morgan fingerprint density at radius 3 is 2.62 bits per heavy atom. The van der Waals surface area contributed by atoms with E-state index in [1.807, 2.05) is 0 Å². The topological polar surface area (TPSA) is 20.2 Å². The van der Waals surface area contributed by atoms with Gasteiger partial charge in [0.15, 0.2) is 0 Å². The normalized spacial score (nSPS) is 24.0. The van der Waals surface area contributed by atoms with Crippen LogP contribution in [0.3, 0.4) is 0 Å². The summed E-state index contributed by atoms with van der Waals surface area (Å²) >= 11 is -1.81. The van der Waals surface area contributed by atoms with Crippen molar-refractivity contribution in [3.05, 3.63) is 15.4 Å². The van der Waals surface area contributed by atoms with E-state index in [4.69, 9.17) is 0 Å². The van der Waals surface area contributed by atoms with Crippen LogP contribution in [-0.2, 0) is 0 Å². The van der Waals surface area contributed by atoms with Gasteiger partial charge in [-0.3, -0.25) is 0 Å². The molecule has 0 bridgehead atoms. The van der Waals surface area contributed by atoms with Crippen molar-refractivity contribution in [1.29, 1.82) is 0 Å². The second-order valence-electron chi connectivity index (χ2n) is 4.94. The summed E-state index contributed by atoms with van der Waals surface area (Å²) in [6, 6.07) is 0. The van der Waals surface area contributed by atoms with Gasteiger partial charge in [-0.15, -0.1) is 0 Å². The van der Waals surface area contributed by atoms with E-state index < -0.39 is 18.4 Å². The number of hydrogen-bond donors (Lipinski definition) is 1. The van der Waals surface area contributed by atoms with Crippen molar-refractivity contribution in [2.24, 2.45) is 0 Å². The standard InChI is InChI=1S/C8H11O.3CH3.Sn/c1-2-7-5-3-4-6-8(7)9;;;;/h1,8-9H,3-6H2;3*1H3;/t2?,8-;;;;/m0..../s1. The van der Waals surface area contributed by atoms with Crippen LogP contribution in [0.1, 0.15) is 25.7 Å². The van der Waals surface area contributed by atoms with Gasteiger partial charge in [0.25, 0.3) is 0 Å². The molecule has 0 spiro atoms. The predicted molar refractivity (Wildman–Crippen MR) is 59.4 cm³/mol. The molecular weight excluding hydrogens is 267 g/mol. The molecule has 1 nitrogen and oxygen atoms in total. The first-order valence-corrected chi connectivity index (χ1v) is 15.3. The summed E-state index contributed by atoms with van der Waals surface area (Å²) in [6.07, 6.45) is 4.20. The SMILES string of the molecule is [CH3][Sn]([CH3])([CH3])[CH]=C=C1CCCC[C@@H]1O. The maximum atomic E-state index is 9.67. The zero-order valence-corrected chi connectivity index (χ0v) is 11.8. The van der Waals surface area contributed by atoms with E-state index in [-0.39, 0.29) is 6.10 Å². The Labute approximate surface area is 85.4 Å². The zero-order chi connectivity index (χ0) is 9.90. The van der Waals surface area contributed by atoms with E-state index >= 15 is 0 Å². The Morgan fingerprint density at radius 1 is 1.38 bits per heavy atom. The van der Waals surface area contributed by atoms with Crippen LogP contribution >= 0.6 is 0 Å². The van der Waals surface area contributed by atoms with Gasteiger partial charge in [0.1, 0.15) is 0 Å². The van der Waals surface area contributed by atoms with Gasteiger partial charge in [0.2, 0.25) is 0 Å². The molecule has 1 N–H and O–H groups in total. The Balaban J connectivity index is 2.73. The van der Waals surface area contributed by atoms with E-state index in [0.717, 1.165) is 18.4 Å². The fraction of sp³-hybridized carbons (Fsp3) is 0.727. The van der Waals surface area contributed by atoms with E-state index in [0.29, 0.717) is 0 Å². The molecule has 13 heavy (non-hydrogen) atoms. The second-order valence-corrected chi connectivity index (χ2v) is 19.3. The van der Waals surface area contributed by atoms with Crippen molar-refractivity contribution in [2.45, 2.75) is 46.6 Å². The molecule has 0 heterocycles. The minimum absolute atomic E-state index is 0.196. The first-order valence-electron chi connectivity index (χ1n) is 5.14. The summed E-state index contributed by atoms with van der Waals surface area (Å²) in [5.41, 5.74) is 4.50. The van der Waals surface area contributed by atoms with Gasteiger partial charge in [0.05, 0.1) is 0 Å². The van der Waals surface area contributed by atoms with Crippen molar-refractivity contribution < 1.29 is 5.11 Å². The zero-order valence-electron chi connectivity index (χ0n) is 8.93. The minimum atomic E-state index is -1.81. The van der Waals surface area contributed by atoms with E-state index in [1.54, 1.807) is 0 Å². The van der Waals surface area contributed by atoms with Crippen LogP contribution in [0.2, 0.25) is 14.8 Å². The summed E-state index contributed by atoms with van der Waals surface area (Å²) < 4.78 is 2.28. The Morgan fingerprint density at radius 2 is 2.08 bits per heavy atom. The van der Waals surface area contributed by atoms with Crippen molar-refractivity contribution in [3.8, 4) is 0 Å². The average Bonchev–Trinajstić information content (AvgIpc) is 2.01. The molecule has 0 amide bonds. The Hall–Kier alpha value is 0.279. The third-order valence-corrected chi connectivity index (χ3v) is 5.15. The van der Waals surface area contributed by atoms with Crippen LogP contribution in [0.25, 0.3) is 0 Å². The molecular formula is C11H20OSn. The van der Waals surface area contributed by atoms with Gasteiger partial charge in [0, 0.05) is 0 Å². The molecule has 1 fully saturated rings. The molecule has 74 valence electrons. The van der Waals surface area contributed by atoms with E-state index in [2.05, 4.69) is 24.6 Å². The molecule has 0 aromatic heterocycles. The molecule has 0 unspecified atom stereocenters. The molecule has 0 aliphatic heterocycles. The first-order chi connectivity index (χ1) is 5.99. The number of aliphatic hydroxyl groups is 1. The Kier molecular flexibility index (Phi) is 4.08. The number of rotatable bonds is 1. The monoisotopic (exact) mass is 288 g/mol. The third-order valence-electron chi connectivity index (χ3n) is 2.27. The van der Waals surface area contributed by atoms with E-state index in [1.165, 1.54) is 12.8 Å². The Bertz CT molecular complexity index is 231. The molecule has 1 aliphatic carbocycles. The van der Waals surface area contributed by atoms with Crippen LogP contribution in [0, 0.1) is 0 Å². The molecule has 2 heteroatoms. The van der Waals surface area contributed by atoms with Crippen LogP contribution < -0.4 is 0 Å². The predicted octanol–water partition coefficient (Wildman–Crippen LogP) is 2.88. The third kappa shape index (κ3) is 4.35. The summed E-state index contributed by atoms with van der Waals surface area (Å²) in [5, 5.41) is 9.67. The van der Waals surface area contributed by atoms with Crippen molar-refractivity contribution in [3.63, 3.8) is 0 Å².